The van der Waals surface area contributed by atoms with E-state index in [-0.39, 0.29) is 18.9 Å². The van der Waals surface area contributed by atoms with Crippen LogP contribution in [0.5, 0.6) is 0 Å². The van der Waals surface area contributed by atoms with Crippen LogP contribution in [-0.4, -0.2) is 140 Å². The van der Waals surface area contributed by atoms with Gasteiger partial charge in [-0.2, -0.15) is 0 Å². The number of rotatable bonds is 66. The number of hydrogen-bond donors (Lipinski definition) is 9. The van der Waals surface area contributed by atoms with E-state index in [2.05, 4.69) is 31.3 Å². The summed E-state index contributed by atoms with van der Waals surface area (Å²) >= 11 is 0. The molecule has 2 aliphatic heterocycles. The second-order valence-electron chi connectivity index (χ2n) is 27.8. The van der Waals surface area contributed by atoms with Crippen molar-refractivity contribution >= 4 is 5.91 Å². The second-order valence-corrected chi connectivity index (χ2v) is 27.8. The lowest BCUT2D eigenvalue weighted by atomic mass is 9.97. The highest BCUT2D eigenvalue weighted by molar-refractivity contribution is 5.76. The summed E-state index contributed by atoms with van der Waals surface area (Å²) in [5, 5.41) is 87.5. The Morgan fingerprint density at radius 3 is 1.08 bits per heavy atom. The minimum atomic E-state index is -1.79. The first-order valence-corrected chi connectivity index (χ1v) is 39.1. The van der Waals surface area contributed by atoms with E-state index in [1.807, 2.05) is 6.08 Å². The van der Waals surface area contributed by atoms with Crippen LogP contribution in [0.2, 0.25) is 0 Å². The van der Waals surface area contributed by atoms with Crippen molar-refractivity contribution in [1.29, 1.82) is 0 Å². The molecule has 14 heteroatoms. The van der Waals surface area contributed by atoms with Gasteiger partial charge in [-0.25, -0.2) is 0 Å². The zero-order valence-corrected chi connectivity index (χ0v) is 58.9. The summed E-state index contributed by atoms with van der Waals surface area (Å²) in [5.74, 6) is -0.240. The van der Waals surface area contributed by atoms with Crippen LogP contribution in [0, 0.1) is 0 Å². The smallest absolute Gasteiger partial charge is 0.220 e. The van der Waals surface area contributed by atoms with E-state index in [4.69, 9.17) is 18.9 Å². The van der Waals surface area contributed by atoms with Crippen LogP contribution in [0.15, 0.2) is 24.3 Å². The van der Waals surface area contributed by atoms with Crippen molar-refractivity contribution in [3.8, 4) is 0 Å². The van der Waals surface area contributed by atoms with Crippen molar-refractivity contribution < 1.29 is 64.6 Å². The molecule has 2 aliphatic rings. The molecule has 12 unspecified atom stereocenters. The Labute approximate surface area is 558 Å². The van der Waals surface area contributed by atoms with Gasteiger partial charge in [-0.3, -0.25) is 4.79 Å². The third-order valence-corrected chi connectivity index (χ3v) is 19.4. The number of allylic oxidation sites excluding steroid dienone is 3. The molecule has 0 aromatic heterocycles. The first-order chi connectivity index (χ1) is 44.6. The van der Waals surface area contributed by atoms with Gasteiger partial charge in [0, 0.05) is 6.42 Å². The van der Waals surface area contributed by atoms with Gasteiger partial charge in [-0.05, 0) is 32.1 Å². The van der Waals surface area contributed by atoms with Gasteiger partial charge in [0.1, 0.15) is 48.8 Å². The van der Waals surface area contributed by atoms with E-state index in [1.54, 1.807) is 6.08 Å². The van der Waals surface area contributed by atoms with Crippen LogP contribution in [0.3, 0.4) is 0 Å². The summed E-state index contributed by atoms with van der Waals surface area (Å²) in [6.45, 7) is 2.85. The normalized spacial score (nSPS) is 22.8. The van der Waals surface area contributed by atoms with Gasteiger partial charge in [0.2, 0.25) is 5.91 Å². The Bertz CT molecular complexity index is 1620. The van der Waals surface area contributed by atoms with Crippen molar-refractivity contribution in [3.63, 3.8) is 0 Å². The summed E-state index contributed by atoms with van der Waals surface area (Å²) in [4.78, 5) is 13.4. The van der Waals surface area contributed by atoms with Gasteiger partial charge < -0.3 is 65.1 Å². The highest BCUT2D eigenvalue weighted by atomic mass is 16.7. The van der Waals surface area contributed by atoms with E-state index >= 15 is 0 Å². The largest absolute Gasteiger partial charge is 0.394 e. The molecule has 91 heavy (non-hydrogen) atoms. The van der Waals surface area contributed by atoms with Crippen LogP contribution >= 0.6 is 0 Å². The lowest BCUT2D eigenvalue weighted by molar-refractivity contribution is -0.359. The van der Waals surface area contributed by atoms with Crippen molar-refractivity contribution in [2.45, 2.75) is 441 Å². The van der Waals surface area contributed by atoms with Gasteiger partial charge in [-0.1, -0.05) is 353 Å². The van der Waals surface area contributed by atoms with Crippen LogP contribution in [0.4, 0.5) is 0 Å². The minimum absolute atomic E-state index is 0.240. The van der Waals surface area contributed by atoms with Gasteiger partial charge >= 0.3 is 0 Å². The summed E-state index contributed by atoms with van der Waals surface area (Å²) in [5.41, 5.74) is 0. The Morgan fingerprint density at radius 1 is 0.385 bits per heavy atom. The highest BCUT2D eigenvalue weighted by Gasteiger charge is 2.51. The Kier molecular flexibility index (Phi) is 58.3. The zero-order chi connectivity index (χ0) is 65.9. The maximum Gasteiger partial charge on any atom is 0.220 e. The standard InChI is InChI=1S/C77H147NO13/c1-3-5-7-9-11-13-15-17-19-21-23-25-27-28-29-30-31-32-33-34-35-36-37-38-39-41-43-45-47-49-51-53-55-57-59-61-69(82)78-65(64-88-76-74(87)72(85)75(68(63-80)90-76)91-77-73(86)71(84)70(83)67(62-79)89-77)66(81)60-58-56-54-52-50-48-46-44-42-40-26-24-22-20-18-16-14-12-10-8-6-4-2/h50,52,58,60,65-68,70-77,79-81,83-87H,3-49,51,53-57,59,61-64H2,1-2H3,(H,78,82)/b52-50+,60-58+. The number of amides is 1. The van der Waals surface area contributed by atoms with Gasteiger partial charge in [-0.15, -0.1) is 0 Å². The molecule has 9 N–H and O–H groups in total. The number of aliphatic hydroxyl groups excluding tert-OH is 8. The summed E-state index contributed by atoms with van der Waals surface area (Å²) in [7, 11) is 0. The summed E-state index contributed by atoms with van der Waals surface area (Å²) < 4.78 is 22.9. The number of carbonyl (C=O) groups is 1. The number of unbranched alkanes of at least 4 members (excludes halogenated alkanes) is 51. The molecule has 0 spiro atoms. The van der Waals surface area contributed by atoms with E-state index < -0.39 is 86.8 Å². The molecule has 538 valence electrons. The fourth-order valence-corrected chi connectivity index (χ4v) is 13.2. The first-order valence-electron chi connectivity index (χ1n) is 39.1. The second kappa shape index (κ2) is 62.0. The molecule has 2 rings (SSSR count). The molecule has 2 fully saturated rings. The third kappa shape index (κ3) is 45.6. The van der Waals surface area contributed by atoms with E-state index in [1.165, 1.54) is 302 Å². The van der Waals surface area contributed by atoms with Crippen molar-refractivity contribution in [2.75, 3.05) is 19.8 Å². The fraction of sp³-hybridized carbons (Fsp3) is 0.935. The van der Waals surface area contributed by atoms with Gasteiger partial charge in [0.15, 0.2) is 12.6 Å². The minimum Gasteiger partial charge on any atom is -0.394 e. The maximum absolute atomic E-state index is 13.4. The number of nitrogens with one attached hydrogen (secondary N) is 1. The van der Waals surface area contributed by atoms with Gasteiger partial charge in [0.05, 0.1) is 32.0 Å². The predicted octanol–water partition coefficient (Wildman–Crippen LogP) is 17.1. The molecule has 2 saturated heterocycles. The lowest BCUT2D eigenvalue weighted by Crippen LogP contribution is -2.65. The monoisotopic (exact) mass is 1290 g/mol. The summed E-state index contributed by atoms with van der Waals surface area (Å²) in [6, 6.07) is -0.930. The van der Waals surface area contributed by atoms with Crippen LogP contribution in [-0.2, 0) is 23.7 Å². The Balaban J connectivity index is 1.61. The molecule has 0 radical (unpaired) electrons. The van der Waals surface area contributed by atoms with E-state index in [0.717, 1.165) is 32.1 Å². The lowest BCUT2D eigenvalue weighted by Gasteiger charge is -2.46. The first kappa shape index (κ1) is 85.6. The number of carbonyl (C=O) groups excluding carboxylic acids is 1. The molecule has 1 amide bonds. The topological polar surface area (TPSA) is 228 Å². The molecule has 14 nitrogen and oxygen atoms in total. The molecule has 0 aliphatic carbocycles. The average Bonchev–Trinajstić information content (AvgIpc) is 1.08. The fourth-order valence-electron chi connectivity index (χ4n) is 13.2. The van der Waals surface area contributed by atoms with Crippen molar-refractivity contribution in [3.05, 3.63) is 24.3 Å². The van der Waals surface area contributed by atoms with Gasteiger partial charge in [0.25, 0.3) is 0 Å². The molecule has 2 heterocycles. The zero-order valence-electron chi connectivity index (χ0n) is 58.9. The third-order valence-electron chi connectivity index (χ3n) is 19.4. The summed E-state index contributed by atoms with van der Waals surface area (Å²) in [6.07, 6.45) is 62.7. The quantitative estimate of drug-likeness (QED) is 0.0204. The molecule has 0 saturated carbocycles. The van der Waals surface area contributed by atoms with E-state index in [0.29, 0.717) is 12.8 Å². The molecule has 0 bridgehead atoms. The number of aliphatic hydroxyl groups is 8. The van der Waals surface area contributed by atoms with E-state index in [9.17, 15) is 45.6 Å². The van der Waals surface area contributed by atoms with Crippen LogP contribution in [0.1, 0.15) is 367 Å². The SMILES string of the molecule is CCCCCCCCCCCCCCCCCC/C=C/CC/C=C/C(O)C(COC1OC(CO)C(OC2OC(CO)C(O)C(O)C2O)C(O)C1O)NC(=O)CCCCCCCCCCCCCCCCCCCCCCCCCCCCCCCCCCCCC. The maximum atomic E-state index is 13.4. The van der Waals surface area contributed by atoms with Crippen molar-refractivity contribution in [1.82, 2.24) is 5.32 Å². The molecule has 0 aromatic carbocycles. The molecular weight excluding hydrogens is 1150 g/mol. The predicted molar refractivity (Wildman–Crippen MR) is 374 cm³/mol. The average molecular weight is 1300 g/mol. The highest BCUT2D eigenvalue weighted by Crippen LogP contribution is 2.30. The number of ether oxygens (including phenoxy) is 4. The number of hydrogen-bond acceptors (Lipinski definition) is 13. The van der Waals surface area contributed by atoms with Crippen LogP contribution in [0.25, 0.3) is 0 Å². The Morgan fingerprint density at radius 2 is 0.703 bits per heavy atom. The van der Waals surface area contributed by atoms with Crippen molar-refractivity contribution in [2.24, 2.45) is 0 Å². The molecule has 0 aromatic rings. The van der Waals surface area contributed by atoms with Crippen LogP contribution < -0.4 is 5.32 Å². The molecule has 12 atom stereocenters. The molecular formula is C77H147NO13. The Hall–Kier alpha value is -1.53.